The zero-order valence-corrected chi connectivity index (χ0v) is 13.3. The van der Waals surface area contributed by atoms with E-state index < -0.39 is 17.9 Å². The van der Waals surface area contributed by atoms with Gasteiger partial charge >= 0.3 is 5.97 Å². The van der Waals surface area contributed by atoms with Gasteiger partial charge in [0.05, 0.1) is 12.5 Å². The maximum atomic E-state index is 12.4. The molecule has 3 N–H and O–H groups in total. The summed E-state index contributed by atoms with van der Waals surface area (Å²) >= 11 is 0. The predicted molar refractivity (Wildman–Crippen MR) is 91.4 cm³/mol. The molecule has 0 aromatic heterocycles. The van der Waals surface area contributed by atoms with Gasteiger partial charge in [0.25, 0.3) is 0 Å². The maximum Gasteiger partial charge on any atom is 0.326 e. The fourth-order valence-electron chi connectivity index (χ4n) is 2.76. The number of hydrogen-bond donors (Lipinski definition) is 3. The Labute approximate surface area is 140 Å². The summed E-state index contributed by atoms with van der Waals surface area (Å²) in [7, 11) is 0. The van der Waals surface area contributed by atoms with E-state index in [4.69, 9.17) is 4.74 Å². The lowest BCUT2D eigenvalue weighted by molar-refractivity contribution is -0.147. The summed E-state index contributed by atoms with van der Waals surface area (Å²) in [5.74, 6) is -1.36. The SMILES string of the molecule is CCOC(=O)C(NNc1ccccc1)C1C(=O)Nc2ccccc21. The summed E-state index contributed by atoms with van der Waals surface area (Å²) in [6, 6.07) is 15.9. The highest BCUT2D eigenvalue weighted by molar-refractivity contribution is 6.06. The quantitative estimate of drug-likeness (QED) is 0.561. The molecule has 2 aromatic carbocycles. The van der Waals surface area contributed by atoms with Crippen LogP contribution in [0.2, 0.25) is 0 Å². The van der Waals surface area contributed by atoms with E-state index in [0.717, 1.165) is 16.9 Å². The van der Waals surface area contributed by atoms with E-state index in [-0.39, 0.29) is 12.5 Å². The molecule has 24 heavy (non-hydrogen) atoms. The minimum Gasteiger partial charge on any atom is -0.465 e. The molecule has 0 aliphatic carbocycles. The molecule has 1 amide bonds. The number of amides is 1. The number of esters is 1. The van der Waals surface area contributed by atoms with Crippen molar-refractivity contribution in [3.63, 3.8) is 0 Å². The van der Waals surface area contributed by atoms with Gasteiger partial charge in [0.2, 0.25) is 5.91 Å². The first-order chi connectivity index (χ1) is 11.7. The Hall–Kier alpha value is -2.86. The standard InChI is InChI=1S/C18H19N3O3/c1-2-24-18(23)16(21-20-12-8-4-3-5-9-12)15-13-10-6-7-11-14(13)19-17(15)22/h3-11,15-16,20-21H,2H2,1H3,(H,19,22). The fraction of sp³-hybridized carbons (Fsp3) is 0.222. The predicted octanol–water partition coefficient (Wildman–Crippen LogP) is 2.27. The molecular weight excluding hydrogens is 306 g/mol. The molecular formula is C18H19N3O3. The lowest BCUT2D eigenvalue weighted by Gasteiger charge is -2.23. The van der Waals surface area contributed by atoms with E-state index in [9.17, 15) is 9.59 Å². The summed E-state index contributed by atoms with van der Waals surface area (Å²) < 4.78 is 5.15. The number of anilines is 2. The molecule has 0 saturated carbocycles. The molecule has 1 heterocycles. The third-order valence-corrected chi connectivity index (χ3v) is 3.86. The molecule has 1 aliphatic heterocycles. The van der Waals surface area contributed by atoms with Crippen molar-refractivity contribution < 1.29 is 14.3 Å². The zero-order chi connectivity index (χ0) is 16.9. The monoisotopic (exact) mass is 325 g/mol. The van der Waals surface area contributed by atoms with Crippen LogP contribution in [0, 0.1) is 0 Å². The molecule has 0 spiro atoms. The van der Waals surface area contributed by atoms with Crippen molar-refractivity contribution in [1.82, 2.24) is 5.43 Å². The van der Waals surface area contributed by atoms with Gasteiger partial charge in [0.15, 0.2) is 0 Å². The number of rotatable bonds is 6. The molecule has 6 nitrogen and oxygen atoms in total. The Balaban J connectivity index is 1.85. The molecule has 124 valence electrons. The third-order valence-electron chi connectivity index (χ3n) is 3.86. The van der Waals surface area contributed by atoms with Crippen molar-refractivity contribution in [2.24, 2.45) is 0 Å². The number of carbonyl (C=O) groups excluding carboxylic acids is 2. The Morgan fingerprint density at radius 2 is 1.88 bits per heavy atom. The van der Waals surface area contributed by atoms with Crippen LogP contribution in [0.4, 0.5) is 11.4 Å². The Morgan fingerprint density at radius 1 is 1.17 bits per heavy atom. The van der Waals surface area contributed by atoms with Crippen molar-refractivity contribution in [3.05, 3.63) is 60.2 Å². The van der Waals surface area contributed by atoms with Gasteiger partial charge in [-0.2, -0.15) is 0 Å². The van der Waals surface area contributed by atoms with E-state index in [1.807, 2.05) is 54.6 Å². The van der Waals surface area contributed by atoms with Gasteiger partial charge < -0.3 is 15.5 Å². The average molecular weight is 325 g/mol. The van der Waals surface area contributed by atoms with Gasteiger partial charge in [-0.15, -0.1) is 0 Å². The smallest absolute Gasteiger partial charge is 0.326 e. The van der Waals surface area contributed by atoms with Crippen molar-refractivity contribution >= 4 is 23.3 Å². The van der Waals surface area contributed by atoms with Gasteiger partial charge in [-0.25, -0.2) is 5.43 Å². The number of nitrogens with one attached hydrogen (secondary N) is 3. The van der Waals surface area contributed by atoms with Crippen LogP contribution in [0.15, 0.2) is 54.6 Å². The number of hydrogen-bond acceptors (Lipinski definition) is 5. The highest BCUT2D eigenvalue weighted by Gasteiger charge is 2.41. The Kier molecular flexibility index (Phi) is 4.77. The first kappa shape index (κ1) is 16.0. The van der Waals surface area contributed by atoms with Crippen LogP contribution < -0.4 is 16.2 Å². The number of fused-ring (bicyclic) bond motifs is 1. The van der Waals surface area contributed by atoms with Crippen LogP contribution in [-0.2, 0) is 14.3 Å². The van der Waals surface area contributed by atoms with Crippen molar-refractivity contribution in [1.29, 1.82) is 0 Å². The lowest BCUT2D eigenvalue weighted by atomic mass is 9.93. The molecule has 6 heteroatoms. The first-order valence-corrected chi connectivity index (χ1v) is 7.83. The van der Waals surface area contributed by atoms with Crippen molar-refractivity contribution in [2.45, 2.75) is 18.9 Å². The minimum absolute atomic E-state index is 0.225. The molecule has 1 aliphatic rings. The summed E-state index contributed by atoms with van der Waals surface area (Å²) in [5.41, 5.74) is 8.23. The van der Waals surface area contributed by atoms with E-state index in [0.29, 0.717) is 0 Å². The van der Waals surface area contributed by atoms with Crippen LogP contribution in [0.25, 0.3) is 0 Å². The number of para-hydroxylation sites is 2. The van der Waals surface area contributed by atoms with E-state index in [1.54, 1.807) is 6.92 Å². The van der Waals surface area contributed by atoms with Gasteiger partial charge in [-0.05, 0) is 30.7 Å². The molecule has 0 radical (unpaired) electrons. The minimum atomic E-state index is -0.839. The Bertz CT molecular complexity index is 733. The third kappa shape index (κ3) is 3.23. The zero-order valence-electron chi connectivity index (χ0n) is 13.3. The molecule has 0 fully saturated rings. The van der Waals surface area contributed by atoms with Crippen LogP contribution in [0.3, 0.4) is 0 Å². The van der Waals surface area contributed by atoms with E-state index in [1.165, 1.54) is 0 Å². The second kappa shape index (κ2) is 7.14. The van der Waals surface area contributed by atoms with Gasteiger partial charge in [-0.3, -0.25) is 9.59 Å². The van der Waals surface area contributed by atoms with Crippen molar-refractivity contribution in [3.8, 4) is 0 Å². The normalized spacial score (nSPS) is 16.9. The highest BCUT2D eigenvalue weighted by atomic mass is 16.5. The van der Waals surface area contributed by atoms with Crippen LogP contribution in [0.1, 0.15) is 18.4 Å². The topological polar surface area (TPSA) is 79.5 Å². The Morgan fingerprint density at radius 3 is 2.62 bits per heavy atom. The first-order valence-electron chi connectivity index (χ1n) is 7.83. The van der Waals surface area contributed by atoms with Gasteiger partial charge in [0.1, 0.15) is 6.04 Å². The lowest BCUT2D eigenvalue weighted by Crippen LogP contribution is -2.47. The molecule has 2 aromatic rings. The van der Waals surface area contributed by atoms with Crippen LogP contribution in [0.5, 0.6) is 0 Å². The van der Waals surface area contributed by atoms with Gasteiger partial charge in [-0.1, -0.05) is 36.4 Å². The maximum absolute atomic E-state index is 12.4. The molecule has 0 bridgehead atoms. The summed E-state index contributed by atoms with van der Waals surface area (Å²) in [5, 5.41) is 2.81. The summed E-state index contributed by atoms with van der Waals surface area (Å²) in [6.45, 7) is 1.99. The molecule has 2 atom stereocenters. The summed E-state index contributed by atoms with van der Waals surface area (Å²) in [4.78, 5) is 24.8. The second-order valence-corrected chi connectivity index (χ2v) is 5.42. The largest absolute Gasteiger partial charge is 0.465 e. The fourth-order valence-corrected chi connectivity index (χ4v) is 2.76. The van der Waals surface area contributed by atoms with E-state index in [2.05, 4.69) is 16.2 Å². The number of ether oxygens (including phenoxy) is 1. The average Bonchev–Trinajstić information content (AvgIpc) is 2.93. The van der Waals surface area contributed by atoms with E-state index >= 15 is 0 Å². The number of carbonyl (C=O) groups is 2. The highest BCUT2D eigenvalue weighted by Crippen LogP contribution is 2.34. The van der Waals surface area contributed by atoms with Crippen LogP contribution in [-0.4, -0.2) is 24.5 Å². The molecule has 2 unspecified atom stereocenters. The van der Waals surface area contributed by atoms with Gasteiger partial charge in [0, 0.05) is 11.4 Å². The summed E-state index contributed by atoms with van der Waals surface area (Å²) in [6.07, 6.45) is 0. The molecule has 0 saturated heterocycles. The second-order valence-electron chi connectivity index (χ2n) is 5.42. The van der Waals surface area contributed by atoms with Crippen molar-refractivity contribution in [2.75, 3.05) is 17.3 Å². The van der Waals surface area contributed by atoms with Crippen LogP contribution >= 0.6 is 0 Å². The number of hydrazine groups is 1. The molecule has 3 rings (SSSR count). The number of benzene rings is 2.